The van der Waals surface area contributed by atoms with Gasteiger partial charge in [0, 0.05) is 0 Å². The molecular formula is C31H38O8S. The maximum absolute atomic E-state index is 13.2. The topological polar surface area (TPSA) is 89.5 Å². The van der Waals surface area contributed by atoms with E-state index in [9.17, 15) is 8.42 Å². The van der Waals surface area contributed by atoms with Crippen LogP contribution in [0.4, 0.5) is 0 Å². The zero-order valence-electron chi connectivity index (χ0n) is 23.8. The summed E-state index contributed by atoms with van der Waals surface area (Å²) >= 11 is 0. The third kappa shape index (κ3) is 6.47. The van der Waals surface area contributed by atoms with Crippen molar-refractivity contribution in [3.63, 3.8) is 0 Å². The van der Waals surface area contributed by atoms with Crippen LogP contribution in [0.25, 0.3) is 0 Å². The van der Waals surface area contributed by atoms with Gasteiger partial charge in [-0.1, -0.05) is 44.2 Å². The summed E-state index contributed by atoms with van der Waals surface area (Å²) in [6.07, 6.45) is 1.57. The summed E-state index contributed by atoms with van der Waals surface area (Å²) in [5.74, 6) is 2.20. The summed E-state index contributed by atoms with van der Waals surface area (Å²) in [5, 5.41) is 0. The Labute approximate surface area is 237 Å². The van der Waals surface area contributed by atoms with Crippen LogP contribution in [0.1, 0.15) is 62.0 Å². The molecule has 4 rings (SSSR count). The monoisotopic (exact) mass is 570 g/mol. The normalized spacial score (nSPS) is 16.9. The molecule has 8 nitrogen and oxygen atoms in total. The van der Waals surface area contributed by atoms with Crippen LogP contribution in [0.15, 0.2) is 59.5 Å². The average molecular weight is 571 g/mol. The molecule has 0 N–H and O–H groups in total. The lowest BCUT2D eigenvalue weighted by molar-refractivity contribution is 0.0434. The van der Waals surface area contributed by atoms with Crippen LogP contribution in [0, 0.1) is 0 Å². The van der Waals surface area contributed by atoms with Crippen LogP contribution in [-0.4, -0.2) is 42.1 Å². The zero-order chi connectivity index (χ0) is 28.7. The Hall–Kier alpha value is -3.43. The number of ether oxygens (including phenoxy) is 6. The standard InChI is InChI=1S/C31H38O8S/c1-6-15-37-31-28(38-20-21-11-9-8-10-12-21)18-23(19-29(31)40(32,33)7-2)25-14-13-24(39-25)22-16-26(34-3)30(36-5)27(17-22)35-4/h8-12,16-19,24-25H,6-7,13-15,20H2,1-5H3. The SMILES string of the molecule is CCCOc1c(OCc2ccccc2)cc(C2CCC(c3cc(OC)c(OC)c(OC)c3)O2)cc1S(=O)(=O)CC. The van der Waals surface area contributed by atoms with E-state index in [0.717, 1.165) is 29.5 Å². The lowest BCUT2D eigenvalue weighted by Gasteiger charge is -2.21. The van der Waals surface area contributed by atoms with E-state index in [1.165, 1.54) is 0 Å². The molecule has 0 bridgehead atoms. The minimum Gasteiger partial charge on any atom is -0.493 e. The lowest BCUT2D eigenvalue weighted by Crippen LogP contribution is -2.11. The lowest BCUT2D eigenvalue weighted by atomic mass is 10.0. The van der Waals surface area contributed by atoms with Crippen LogP contribution < -0.4 is 23.7 Å². The van der Waals surface area contributed by atoms with Crippen molar-refractivity contribution in [2.45, 2.75) is 56.8 Å². The quantitative estimate of drug-likeness (QED) is 0.231. The summed E-state index contributed by atoms with van der Waals surface area (Å²) in [7, 11) is 1.10. The van der Waals surface area contributed by atoms with Crippen LogP contribution >= 0.6 is 0 Å². The van der Waals surface area contributed by atoms with E-state index in [4.69, 9.17) is 28.4 Å². The first kappa shape index (κ1) is 29.6. The highest BCUT2D eigenvalue weighted by atomic mass is 32.2. The first-order chi connectivity index (χ1) is 19.3. The van der Waals surface area contributed by atoms with Crippen molar-refractivity contribution in [1.82, 2.24) is 0 Å². The molecule has 0 radical (unpaired) electrons. The number of methoxy groups -OCH3 is 3. The van der Waals surface area contributed by atoms with E-state index in [2.05, 4.69) is 0 Å². The molecule has 1 aliphatic rings. The van der Waals surface area contributed by atoms with E-state index >= 15 is 0 Å². The predicted octanol–water partition coefficient (Wildman–Crippen LogP) is 6.47. The third-order valence-corrected chi connectivity index (χ3v) is 8.63. The van der Waals surface area contributed by atoms with Gasteiger partial charge in [0.1, 0.15) is 11.5 Å². The second-order valence-corrected chi connectivity index (χ2v) is 11.8. The predicted molar refractivity (Wildman–Crippen MR) is 153 cm³/mol. The summed E-state index contributed by atoms with van der Waals surface area (Å²) in [4.78, 5) is 0.129. The Bertz CT molecular complexity index is 1360. The van der Waals surface area contributed by atoms with E-state index in [1.54, 1.807) is 34.3 Å². The Kier molecular flexibility index (Phi) is 9.81. The van der Waals surface area contributed by atoms with Crippen molar-refractivity contribution in [2.75, 3.05) is 33.7 Å². The molecular weight excluding hydrogens is 532 g/mol. The number of sulfone groups is 1. The first-order valence-corrected chi connectivity index (χ1v) is 15.2. The van der Waals surface area contributed by atoms with Crippen LogP contribution in [0.2, 0.25) is 0 Å². The van der Waals surface area contributed by atoms with E-state index in [-0.39, 0.29) is 35.2 Å². The van der Waals surface area contributed by atoms with Crippen molar-refractivity contribution in [3.8, 4) is 28.7 Å². The molecule has 0 spiro atoms. The van der Waals surface area contributed by atoms with E-state index in [1.807, 2.05) is 55.5 Å². The van der Waals surface area contributed by atoms with Gasteiger partial charge in [0.2, 0.25) is 5.75 Å². The van der Waals surface area contributed by atoms with Crippen molar-refractivity contribution < 1.29 is 36.8 Å². The Morgan fingerprint density at radius 1 is 0.775 bits per heavy atom. The summed E-state index contributed by atoms with van der Waals surface area (Å²) in [5.41, 5.74) is 2.59. The molecule has 1 heterocycles. The molecule has 0 aliphatic carbocycles. The fourth-order valence-electron chi connectivity index (χ4n) is 4.77. The molecule has 2 atom stereocenters. The zero-order valence-corrected chi connectivity index (χ0v) is 24.6. The van der Waals surface area contributed by atoms with Gasteiger partial charge in [-0.25, -0.2) is 8.42 Å². The summed E-state index contributed by atoms with van der Waals surface area (Å²) < 4.78 is 61.7. The van der Waals surface area contributed by atoms with Gasteiger partial charge >= 0.3 is 0 Å². The first-order valence-electron chi connectivity index (χ1n) is 13.5. The van der Waals surface area contributed by atoms with Gasteiger partial charge in [0.15, 0.2) is 32.8 Å². The number of hydrogen-bond acceptors (Lipinski definition) is 8. The number of rotatable bonds is 13. The smallest absolute Gasteiger partial charge is 0.203 e. The van der Waals surface area contributed by atoms with Crippen LogP contribution in [-0.2, 0) is 21.2 Å². The van der Waals surface area contributed by atoms with Crippen molar-refractivity contribution in [3.05, 3.63) is 71.3 Å². The Morgan fingerprint density at radius 3 is 1.93 bits per heavy atom. The number of hydrogen-bond donors (Lipinski definition) is 0. The van der Waals surface area contributed by atoms with Crippen molar-refractivity contribution >= 4 is 9.84 Å². The molecule has 2 unspecified atom stereocenters. The fraction of sp³-hybridized carbons (Fsp3) is 0.419. The molecule has 40 heavy (non-hydrogen) atoms. The summed E-state index contributed by atoms with van der Waals surface area (Å²) in [6, 6.07) is 17.0. The largest absolute Gasteiger partial charge is 0.493 e. The Balaban J connectivity index is 1.71. The maximum Gasteiger partial charge on any atom is 0.203 e. The second kappa shape index (κ2) is 13.3. The second-order valence-electron chi connectivity index (χ2n) is 9.52. The van der Waals surface area contributed by atoms with Gasteiger partial charge in [-0.3, -0.25) is 0 Å². The van der Waals surface area contributed by atoms with Gasteiger partial charge in [0.25, 0.3) is 0 Å². The van der Waals surface area contributed by atoms with E-state index < -0.39 is 9.84 Å². The molecule has 0 aromatic heterocycles. The molecule has 3 aromatic carbocycles. The molecule has 1 aliphatic heterocycles. The third-order valence-electron chi connectivity index (χ3n) is 6.90. The van der Waals surface area contributed by atoms with Crippen LogP contribution in [0.5, 0.6) is 28.7 Å². The molecule has 216 valence electrons. The molecule has 9 heteroatoms. The maximum atomic E-state index is 13.2. The molecule has 3 aromatic rings. The number of benzene rings is 3. The highest BCUT2D eigenvalue weighted by Crippen LogP contribution is 2.48. The highest BCUT2D eigenvalue weighted by Gasteiger charge is 2.32. The van der Waals surface area contributed by atoms with Gasteiger partial charge in [-0.15, -0.1) is 0 Å². The molecule has 1 fully saturated rings. The molecule has 1 saturated heterocycles. The molecule has 0 saturated carbocycles. The van der Waals surface area contributed by atoms with Gasteiger partial charge in [0.05, 0.1) is 45.9 Å². The minimum atomic E-state index is -3.62. The van der Waals surface area contributed by atoms with Gasteiger partial charge < -0.3 is 28.4 Å². The fourth-order valence-corrected chi connectivity index (χ4v) is 5.84. The highest BCUT2D eigenvalue weighted by molar-refractivity contribution is 7.91. The summed E-state index contributed by atoms with van der Waals surface area (Å²) in [6.45, 7) is 4.25. The van der Waals surface area contributed by atoms with E-state index in [0.29, 0.717) is 36.0 Å². The van der Waals surface area contributed by atoms with Crippen LogP contribution in [0.3, 0.4) is 0 Å². The van der Waals surface area contributed by atoms with Crippen molar-refractivity contribution in [1.29, 1.82) is 0 Å². The minimum absolute atomic E-state index is 0.0589. The molecule has 0 amide bonds. The average Bonchev–Trinajstić information content (AvgIpc) is 3.49. The van der Waals surface area contributed by atoms with Gasteiger partial charge in [-0.05, 0) is 60.2 Å². The Morgan fingerprint density at radius 2 is 1.38 bits per heavy atom. The van der Waals surface area contributed by atoms with Gasteiger partial charge in [-0.2, -0.15) is 0 Å². The van der Waals surface area contributed by atoms with Crippen molar-refractivity contribution in [2.24, 2.45) is 0 Å².